The fourth-order valence-electron chi connectivity index (χ4n) is 3.49. The third-order valence-corrected chi connectivity index (χ3v) is 4.85. The molecule has 6 atom stereocenters. The van der Waals surface area contributed by atoms with Gasteiger partial charge in [-0.25, -0.2) is 0 Å². The highest BCUT2D eigenvalue weighted by Gasteiger charge is 2.60. The average molecular weight is 340 g/mol. The molecule has 2 aromatic rings. The molecule has 3 saturated heterocycles. The number of fused-ring (bicyclic) bond motifs is 3. The van der Waals surface area contributed by atoms with Gasteiger partial charge in [-0.05, 0) is 5.56 Å². The second kappa shape index (κ2) is 6.52. The van der Waals surface area contributed by atoms with E-state index >= 15 is 0 Å². The second-order valence-corrected chi connectivity index (χ2v) is 6.58. The summed E-state index contributed by atoms with van der Waals surface area (Å²) >= 11 is 0. The summed E-state index contributed by atoms with van der Waals surface area (Å²) in [6, 6.07) is 20.0. The Labute approximate surface area is 146 Å². The lowest BCUT2D eigenvalue weighted by Crippen LogP contribution is -2.52. The van der Waals surface area contributed by atoms with Gasteiger partial charge in [-0.1, -0.05) is 60.7 Å². The molecule has 5 rings (SSSR count). The normalized spacial score (nSPS) is 36.3. The highest BCUT2D eigenvalue weighted by Crippen LogP contribution is 2.43. The Morgan fingerprint density at radius 1 is 0.800 bits per heavy atom. The molecule has 3 aliphatic rings. The van der Waals surface area contributed by atoms with E-state index in [2.05, 4.69) is 0 Å². The molecule has 3 fully saturated rings. The molecular formula is C20H20O5. The lowest BCUT2D eigenvalue weighted by atomic mass is 10.0. The van der Waals surface area contributed by atoms with Crippen molar-refractivity contribution in [2.24, 2.45) is 0 Å². The van der Waals surface area contributed by atoms with Crippen LogP contribution in [0.15, 0.2) is 60.7 Å². The fourth-order valence-corrected chi connectivity index (χ4v) is 3.49. The number of benzene rings is 2. The van der Waals surface area contributed by atoms with Crippen LogP contribution in [0.5, 0.6) is 0 Å². The molecule has 5 heteroatoms. The Morgan fingerprint density at radius 2 is 1.56 bits per heavy atom. The van der Waals surface area contributed by atoms with Crippen molar-refractivity contribution in [2.45, 2.75) is 43.6 Å². The first-order valence-corrected chi connectivity index (χ1v) is 8.67. The van der Waals surface area contributed by atoms with E-state index in [1.165, 1.54) is 0 Å². The van der Waals surface area contributed by atoms with Crippen LogP contribution in [0, 0.1) is 0 Å². The monoisotopic (exact) mass is 340 g/mol. The van der Waals surface area contributed by atoms with Gasteiger partial charge in [-0.15, -0.1) is 0 Å². The molecule has 2 aromatic carbocycles. The molecule has 0 radical (unpaired) electrons. The predicted octanol–water partition coefficient (Wildman–Crippen LogP) is 2.81. The minimum atomic E-state index is -0.369. The van der Waals surface area contributed by atoms with Crippen LogP contribution in [-0.2, 0) is 30.3 Å². The SMILES string of the molecule is c1ccc(CO[C@H]2O[C@@H]3CO[C@H](c4ccccc4)O[C@H]3[C@@H]3O[C@H]23)cc1. The number of hydrogen-bond acceptors (Lipinski definition) is 5. The van der Waals surface area contributed by atoms with Crippen molar-refractivity contribution >= 4 is 0 Å². The molecule has 0 unspecified atom stereocenters. The van der Waals surface area contributed by atoms with Crippen LogP contribution in [0.25, 0.3) is 0 Å². The van der Waals surface area contributed by atoms with Gasteiger partial charge >= 0.3 is 0 Å². The summed E-state index contributed by atoms with van der Waals surface area (Å²) in [5.74, 6) is 0. The maximum absolute atomic E-state index is 6.11. The summed E-state index contributed by atoms with van der Waals surface area (Å²) in [5.41, 5.74) is 2.13. The molecule has 0 saturated carbocycles. The van der Waals surface area contributed by atoms with Crippen molar-refractivity contribution in [3.63, 3.8) is 0 Å². The van der Waals surface area contributed by atoms with E-state index in [1.807, 2.05) is 60.7 Å². The molecule has 3 aliphatic heterocycles. The summed E-state index contributed by atoms with van der Waals surface area (Å²) in [4.78, 5) is 0. The first-order chi connectivity index (χ1) is 12.4. The van der Waals surface area contributed by atoms with Gasteiger partial charge in [0, 0.05) is 5.56 Å². The van der Waals surface area contributed by atoms with E-state index in [0.29, 0.717) is 13.2 Å². The van der Waals surface area contributed by atoms with Crippen LogP contribution in [0.3, 0.4) is 0 Å². The molecule has 0 spiro atoms. The molecule has 0 aromatic heterocycles. The summed E-state index contributed by atoms with van der Waals surface area (Å²) in [5, 5.41) is 0. The zero-order chi connectivity index (χ0) is 16.6. The highest BCUT2D eigenvalue weighted by molar-refractivity contribution is 5.17. The van der Waals surface area contributed by atoms with Gasteiger partial charge in [0.25, 0.3) is 0 Å². The first kappa shape index (κ1) is 15.5. The number of hydrogen-bond donors (Lipinski definition) is 0. The van der Waals surface area contributed by atoms with Crippen LogP contribution in [0.1, 0.15) is 17.4 Å². The van der Waals surface area contributed by atoms with Crippen LogP contribution in [-0.4, -0.2) is 37.3 Å². The van der Waals surface area contributed by atoms with Crippen LogP contribution in [0.4, 0.5) is 0 Å². The van der Waals surface area contributed by atoms with E-state index in [4.69, 9.17) is 23.7 Å². The Morgan fingerprint density at radius 3 is 2.36 bits per heavy atom. The molecule has 25 heavy (non-hydrogen) atoms. The zero-order valence-electron chi connectivity index (χ0n) is 13.7. The maximum atomic E-state index is 6.11. The minimum absolute atomic E-state index is 0.0228. The van der Waals surface area contributed by atoms with E-state index in [0.717, 1.165) is 11.1 Å². The van der Waals surface area contributed by atoms with Gasteiger partial charge in [-0.3, -0.25) is 0 Å². The quantitative estimate of drug-likeness (QED) is 0.801. The summed E-state index contributed by atoms with van der Waals surface area (Å²) in [6.07, 6.45) is -1.04. The van der Waals surface area contributed by atoms with E-state index in [1.54, 1.807) is 0 Å². The first-order valence-electron chi connectivity index (χ1n) is 8.67. The fraction of sp³-hybridized carbons (Fsp3) is 0.400. The summed E-state index contributed by atoms with van der Waals surface area (Å²) in [6.45, 7) is 0.978. The lowest BCUT2D eigenvalue weighted by Gasteiger charge is -2.39. The standard InChI is InChI=1S/C20H20O5/c1-3-7-13(8-4-1)11-21-20-18-17(24-18)16-15(23-20)12-22-19(25-16)14-9-5-2-6-10-14/h1-10,15-20H,11-12H2/t15-,16-,17+,18+,19+,20+/m1/s1. The van der Waals surface area contributed by atoms with Gasteiger partial charge in [0.2, 0.25) is 0 Å². The van der Waals surface area contributed by atoms with Crippen LogP contribution in [0.2, 0.25) is 0 Å². The molecule has 0 bridgehead atoms. The van der Waals surface area contributed by atoms with Crippen molar-refractivity contribution in [1.82, 2.24) is 0 Å². The highest BCUT2D eigenvalue weighted by atomic mass is 16.8. The third kappa shape index (κ3) is 3.10. The third-order valence-electron chi connectivity index (χ3n) is 4.85. The second-order valence-electron chi connectivity index (χ2n) is 6.58. The average Bonchev–Trinajstić information content (AvgIpc) is 3.49. The topological polar surface area (TPSA) is 49.5 Å². The Balaban J connectivity index is 1.22. The Bertz CT molecular complexity index is 707. The molecule has 5 nitrogen and oxygen atoms in total. The predicted molar refractivity (Wildman–Crippen MR) is 88.6 cm³/mol. The lowest BCUT2D eigenvalue weighted by molar-refractivity contribution is -0.308. The largest absolute Gasteiger partial charge is 0.361 e. The Kier molecular flexibility index (Phi) is 4.04. The van der Waals surface area contributed by atoms with E-state index in [9.17, 15) is 0 Å². The van der Waals surface area contributed by atoms with Gasteiger partial charge in [0.05, 0.1) is 13.2 Å². The van der Waals surface area contributed by atoms with Crippen molar-refractivity contribution in [2.75, 3.05) is 6.61 Å². The van der Waals surface area contributed by atoms with Gasteiger partial charge in [-0.2, -0.15) is 0 Å². The number of epoxide rings is 1. The van der Waals surface area contributed by atoms with Crippen molar-refractivity contribution in [1.29, 1.82) is 0 Å². The zero-order valence-corrected chi connectivity index (χ0v) is 13.7. The molecular weight excluding hydrogens is 320 g/mol. The smallest absolute Gasteiger partial charge is 0.187 e. The van der Waals surface area contributed by atoms with Crippen LogP contribution >= 0.6 is 0 Å². The number of rotatable bonds is 4. The van der Waals surface area contributed by atoms with E-state index in [-0.39, 0.29) is 37.0 Å². The maximum Gasteiger partial charge on any atom is 0.187 e. The molecule has 0 aliphatic carbocycles. The number of ether oxygens (including phenoxy) is 5. The Hall–Kier alpha value is -1.76. The van der Waals surface area contributed by atoms with E-state index < -0.39 is 0 Å². The van der Waals surface area contributed by atoms with Crippen molar-refractivity contribution in [3.05, 3.63) is 71.8 Å². The molecule has 0 N–H and O–H groups in total. The van der Waals surface area contributed by atoms with Gasteiger partial charge in [0.1, 0.15) is 24.4 Å². The van der Waals surface area contributed by atoms with Gasteiger partial charge < -0.3 is 23.7 Å². The molecule has 130 valence electrons. The van der Waals surface area contributed by atoms with Crippen LogP contribution < -0.4 is 0 Å². The summed E-state index contributed by atoms with van der Waals surface area (Å²) < 4.78 is 29.7. The summed E-state index contributed by atoms with van der Waals surface area (Å²) in [7, 11) is 0. The van der Waals surface area contributed by atoms with Crippen molar-refractivity contribution < 1.29 is 23.7 Å². The molecule has 0 amide bonds. The van der Waals surface area contributed by atoms with Gasteiger partial charge in [0.15, 0.2) is 12.6 Å². The van der Waals surface area contributed by atoms with Crippen molar-refractivity contribution in [3.8, 4) is 0 Å². The molecule has 3 heterocycles. The minimum Gasteiger partial charge on any atom is -0.361 e.